The Morgan fingerprint density at radius 1 is 1.07 bits per heavy atom. The van der Waals surface area contributed by atoms with E-state index in [0.29, 0.717) is 17.5 Å². The van der Waals surface area contributed by atoms with Crippen LogP contribution < -0.4 is 10.6 Å². The van der Waals surface area contributed by atoms with Gasteiger partial charge in [0.1, 0.15) is 12.1 Å². The minimum atomic E-state index is -1.16. The second kappa shape index (κ2) is 8.77. The summed E-state index contributed by atoms with van der Waals surface area (Å²) in [5.74, 6) is -1.35. The van der Waals surface area contributed by atoms with E-state index in [4.69, 9.17) is 0 Å². The first kappa shape index (κ1) is 21.0. The molecule has 1 aliphatic rings. The minimum absolute atomic E-state index is 0.196. The van der Waals surface area contributed by atoms with Gasteiger partial charge in [0.05, 0.1) is 12.7 Å². The monoisotopic (exact) mass is 409 g/mol. The zero-order valence-electron chi connectivity index (χ0n) is 16.8. The quantitative estimate of drug-likeness (QED) is 0.537. The predicted octanol–water partition coefficient (Wildman–Crippen LogP) is 1.95. The van der Waals surface area contributed by atoms with Gasteiger partial charge in [0, 0.05) is 6.54 Å². The Morgan fingerprint density at radius 2 is 1.73 bits per heavy atom. The van der Waals surface area contributed by atoms with Crippen LogP contribution in [0.25, 0.3) is 0 Å². The molecule has 1 saturated heterocycles. The number of carbonyl (C=O) groups excluding carboxylic acids is 4. The zero-order chi connectivity index (χ0) is 21.7. The average molecular weight is 409 g/mol. The first-order chi connectivity index (χ1) is 14.4. The summed E-state index contributed by atoms with van der Waals surface area (Å²) < 4.78 is 4.64. The maximum atomic E-state index is 13.0. The molecule has 2 aromatic rings. The van der Waals surface area contributed by atoms with Gasteiger partial charge in [0.25, 0.3) is 5.91 Å². The number of imide groups is 1. The topological polar surface area (TPSA) is 105 Å². The molecule has 0 radical (unpaired) electrons. The molecule has 156 valence electrons. The van der Waals surface area contributed by atoms with Gasteiger partial charge in [0.15, 0.2) is 0 Å². The maximum Gasteiger partial charge on any atom is 0.337 e. The van der Waals surface area contributed by atoms with Gasteiger partial charge in [0.2, 0.25) is 5.91 Å². The van der Waals surface area contributed by atoms with Crippen molar-refractivity contribution in [1.82, 2.24) is 15.5 Å². The van der Waals surface area contributed by atoms with Gasteiger partial charge in [-0.2, -0.15) is 0 Å². The van der Waals surface area contributed by atoms with Crippen LogP contribution in [-0.2, 0) is 26.4 Å². The number of amides is 4. The molecule has 8 nitrogen and oxygen atoms in total. The fraction of sp³-hybridized carbons (Fsp3) is 0.273. The third-order valence-corrected chi connectivity index (χ3v) is 5.14. The highest BCUT2D eigenvalue weighted by Crippen LogP contribution is 2.32. The number of carbonyl (C=O) groups is 4. The third-order valence-electron chi connectivity index (χ3n) is 5.14. The average Bonchev–Trinajstić information content (AvgIpc) is 3.03. The molecule has 1 atom stereocenters. The smallest absolute Gasteiger partial charge is 0.337 e. The van der Waals surface area contributed by atoms with Crippen molar-refractivity contribution in [3.05, 3.63) is 71.3 Å². The fourth-order valence-corrected chi connectivity index (χ4v) is 3.41. The van der Waals surface area contributed by atoms with Crippen molar-refractivity contribution >= 4 is 23.8 Å². The molecule has 8 heteroatoms. The summed E-state index contributed by atoms with van der Waals surface area (Å²) in [5.41, 5.74) is 0.686. The maximum absolute atomic E-state index is 13.0. The lowest BCUT2D eigenvalue weighted by Crippen LogP contribution is -2.44. The van der Waals surface area contributed by atoms with E-state index in [-0.39, 0.29) is 13.1 Å². The Balaban J connectivity index is 1.63. The van der Waals surface area contributed by atoms with Crippen LogP contribution in [0, 0.1) is 0 Å². The summed E-state index contributed by atoms with van der Waals surface area (Å²) in [4.78, 5) is 50.2. The van der Waals surface area contributed by atoms with E-state index in [1.807, 2.05) is 13.0 Å². The first-order valence-electron chi connectivity index (χ1n) is 9.55. The Labute approximate surface area is 174 Å². The molecule has 1 fully saturated rings. The summed E-state index contributed by atoms with van der Waals surface area (Å²) in [6.07, 6.45) is 0.367. The van der Waals surface area contributed by atoms with Crippen LogP contribution in [-0.4, -0.2) is 42.4 Å². The van der Waals surface area contributed by atoms with Crippen molar-refractivity contribution in [3.8, 4) is 0 Å². The molecule has 0 saturated carbocycles. The molecular weight excluding hydrogens is 386 g/mol. The number of benzene rings is 2. The number of rotatable bonds is 7. The lowest BCUT2D eigenvalue weighted by Gasteiger charge is -2.25. The number of esters is 1. The standard InChI is InChI=1S/C22H23N3O5/c1-3-22(17-7-5-4-6-8-17)20(28)25(21(29)24-22)14-18(26)23-13-15-9-11-16(12-10-15)19(27)30-2/h4-12H,3,13-14H2,1-2H3,(H,23,26)(H,24,29)/t22-/m0/s1. The number of nitrogens with one attached hydrogen (secondary N) is 2. The Kier molecular flexibility index (Phi) is 6.15. The molecule has 0 spiro atoms. The van der Waals surface area contributed by atoms with E-state index in [1.54, 1.807) is 48.5 Å². The van der Waals surface area contributed by atoms with Crippen LogP contribution in [0.1, 0.15) is 34.8 Å². The van der Waals surface area contributed by atoms with Crippen molar-refractivity contribution in [2.24, 2.45) is 0 Å². The molecule has 2 aromatic carbocycles. The summed E-state index contributed by atoms with van der Waals surface area (Å²) in [6.45, 7) is 1.63. The van der Waals surface area contributed by atoms with Gasteiger partial charge in [-0.3, -0.25) is 14.5 Å². The van der Waals surface area contributed by atoms with Crippen molar-refractivity contribution in [3.63, 3.8) is 0 Å². The minimum Gasteiger partial charge on any atom is -0.465 e. The van der Waals surface area contributed by atoms with Gasteiger partial charge in [-0.25, -0.2) is 9.59 Å². The molecule has 0 aliphatic carbocycles. The van der Waals surface area contributed by atoms with Crippen molar-refractivity contribution in [2.45, 2.75) is 25.4 Å². The number of urea groups is 1. The number of hydrogen-bond donors (Lipinski definition) is 2. The van der Waals surface area contributed by atoms with Crippen LogP contribution in [0.5, 0.6) is 0 Å². The van der Waals surface area contributed by atoms with E-state index in [2.05, 4.69) is 15.4 Å². The van der Waals surface area contributed by atoms with E-state index in [9.17, 15) is 19.2 Å². The van der Waals surface area contributed by atoms with Crippen LogP contribution >= 0.6 is 0 Å². The molecule has 4 amide bonds. The highest BCUT2D eigenvalue weighted by atomic mass is 16.5. The van der Waals surface area contributed by atoms with Crippen molar-refractivity contribution < 1.29 is 23.9 Å². The first-order valence-corrected chi connectivity index (χ1v) is 9.55. The van der Waals surface area contributed by atoms with E-state index in [1.165, 1.54) is 7.11 Å². The Morgan fingerprint density at radius 3 is 2.33 bits per heavy atom. The molecule has 0 aromatic heterocycles. The molecule has 3 rings (SSSR count). The predicted molar refractivity (Wildman–Crippen MR) is 108 cm³/mol. The van der Waals surface area contributed by atoms with E-state index < -0.39 is 29.4 Å². The van der Waals surface area contributed by atoms with Gasteiger partial charge >= 0.3 is 12.0 Å². The van der Waals surface area contributed by atoms with Crippen LogP contribution in [0.3, 0.4) is 0 Å². The second-order valence-corrected chi connectivity index (χ2v) is 6.91. The highest BCUT2D eigenvalue weighted by Gasteiger charge is 2.51. The SMILES string of the molecule is CC[C@@]1(c2ccccc2)NC(=O)N(CC(=O)NCc2ccc(C(=O)OC)cc2)C1=O. The second-order valence-electron chi connectivity index (χ2n) is 6.91. The molecule has 1 heterocycles. The Bertz CT molecular complexity index is 958. The zero-order valence-corrected chi connectivity index (χ0v) is 16.8. The van der Waals surface area contributed by atoms with Gasteiger partial charge < -0.3 is 15.4 Å². The van der Waals surface area contributed by atoms with Crippen LogP contribution in [0.4, 0.5) is 4.79 Å². The summed E-state index contributed by atoms with van der Waals surface area (Å²) in [6, 6.07) is 15.0. The van der Waals surface area contributed by atoms with E-state index >= 15 is 0 Å². The fourth-order valence-electron chi connectivity index (χ4n) is 3.41. The van der Waals surface area contributed by atoms with Crippen LogP contribution in [0.2, 0.25) is 0 Å². The number of hydrogen-bond acceptors (Lipinski definition) is 5. The summed E-state index contributed by atoms with van der Waals surface area (Å²) >= 11 is 0. The molecular formula is C22H23N3O5. The summed E-state index contributed by atoms with van der Waals surface area (Å²) in [7, 11) is 1.30. The lowest BCUT2D eigenvalue weighted by atomic mass is 9.87. The number of methoxy groups -OCH3 is 1. The third kappa shape index (κ3) is 4.03. The molecule has 2 N–H and O–H groups in total. The van der Waals surface area contributed by atoms with Crippen LogP contribution in [0.15, 0.2) is 54.6 Å². The molecule has 0 bridgehead atoms. The molecule has 30 heavy (non-hydrogen) atoms. The van der Waals surface area contributed by atoms with Crippen molar-refractivity contribution in [2.75, 3.05) is 13.7 Å². The highest BCUT2D eigenvalue weighted by molar-refractivity contribution is 6.09. The van der Waals surface area contributed by atoms with E-state index in [0.717, 1.165) is 10.5 Å². The molecule has 0 unspecified atom stereocenters. The van der Waals surface area contributed by atoms with Gasteiger partial charge in [-0.1, -0.05) is 49.4 Å². The summed E-state index contributed by atoms with van der Waals surface area (Å²) in [5, 5.41) is 5.43. The molecule has 1 aliphatic heterocycles. The normalized spacial score (nSPS) is 18.1. The lowest BCUT2D eigenvalue weighted by molar-refractivity contribution is -0.135. The number of ether oxygens (including phenoxy) is 1. The van der Waals surface area contributed by atoms with Crippen molar-refractivity contribution in [1.29, 1.82) is 0 Å². The largest absolute Gasteiger partial charge is 0.465 e. The van der Waals surface area contributed by atoms with Gasteiger partial charge in [-0.05, 0) is 29.7 Å². The number of nitrogens with zero attached hydrogens (tertiary/aromatic N) is 1. The van der Waals surface area contributed by atoms with Gasteiger partial charge in [-0.15, -0.1) is 0 Å². The Hall–Kier alpha value is -3.68.